The third-order valence-corrected chi connectivity index (χ3v) is 15.7. The van der Waals surface area contributed by atoms with Gasteiger partial charge in [-0.2, -0.15) is 0 Å². The van der Waals surface area contributed by atoms with Crippen molar-refractivity contribution in [2.45, 2.75) is 187 Å². The van der Waals surface area contributed by atoms with Gasteiger partial charge in [-0.05, 0) is 161 Å². The quantitative estimate of drug-likeness (QED) is 0.139. The highest BCUT2D eigenvalue weighted by Gasteiger charge is 2.00. The van der Waals surface area contributed by atoms with E-state index in [2.05, 4.69) is 214 Å². The van der Waals surface area contributed by atoms with Crippen molar-refractivity contribution in [2.75, 3.05) is 0 Å². The molecule has 0 radical (unpaired) electrons. The lowest BCUT2D eigenvalue weighted by atomic mass is 10.1. The van der Waals surface area contributed by atoms with Crippen molar-refractivity contribution in [1.29, 1.82) is 0 Å². The number of para-hydroxylation sites is 3. The molecule has 18 rings (SSSR count). The van der Waals surface area contributed by atoms with Crippen molar-refractivity contribution in [3.8, 4) is 0 Å². The molecule has 612 valence electrons. The second-order valence-corrected chi connectivity index (χ2v) is 23.3. The number of aryl methyl sites for hydroxylation is 9. The van der Waals surface area contributed by atoms with E-state index in [0.29, 0.717) is 0 Å². The summed E-state index contributed by atoms with van der Waals surface area (Å²) in [4.78, 5) is 61.1. The summed E-state index contributed by atoms with van der Waals surface area (Å²) in [6.07, 6.45) is 28.2. The van der Waals surface area contributed by atoms with E-state index in [1.54, 1.807) is 31.6 Å². The molecule has 15 nitrogen and oxygen atoms in total. The van der Waals surface area contributed by atoms with Gasteiger partial charge in [-0.25, -0.2) is 59.8 Å². The molecule has 18 aromatic rings. The Labute approximate surface area is 699 Å². The van der Waals surface area contributed by atoms with Crippen LogP contribution in [-0.4, -0.2) is 74.8 Å². The number of hydrogen-bond donors (Lipinski definition) is 0. The number of benzene rings is 9. The molecule has 0 atom stereocenters. The molecule has 0 saturated carbocycles. The molecule has 0 fully saturated rings. The Balaban J connectivity index is 0.000000642. The molecule has 0 N–H and O–H groups in total. The molecule has 0 spiro atoms. The third kappa shape index (κ3) is 36.1. The van der Waals surface area contributed by atoms with Gasteiger partial charge in [0.05, 0.1) is 33.1 Å². The fourth-order valence-electron chi connectivity index (χ4n) is 10.4. The van der Waals surface area contributed by atoms with Crippen LogP contribution in [0, 0.1) is 62.3 Å². The van der Waals surface area contributed by atoms with Crippen LogP contribution < -0.4 is 0 Å². The van der Waals surface area contributed by atoms with Gasteiger partial charge < -0.3 is 0 Å². The van der Waals surface area contributed by atoms with E-state index < -0.39 is 0 Å². The summed E-state index contributed by atoms with van der Waals surface area (Å²) in [6.45, 7) is 54.4. The molecule has 9 aromatic carbocycles. The first kappa shape index (κ1) is 102. The minimum Gasteiger partial charge on any atom is -0.264 e. The molecule has 0 bridgehead atoms. The van der Waals surface area contributed by atoms with Crippen LogP contribution in [0.1, 0.15) is 175 Å². The van der Waals surface area contributed by atoms with Gasteiger partial charge in [0.1, 0.15) is 37.5 Å². The van der Waals surface area contributed by atoms with E-state index in [1.165, 1.54) is 71.3 Å². The Morgan fingerprint density at radius 2 is 0.590 bits per heavy atom. The maximum absolute atomic E-state index is 4.26. The largest absolute Gasteiger partial charge is 0.264 e. The van der Waals surface area contributed by atoms with Gasteiger partial charge in [-0.15, -0.1) is 0 Å². The van der Waals surface area contributed by atoms with E-state index in [1.807, 2.05) is 310 Å². The summed E-state index contributed by atoms with van der Waals surface area (Å²) < 4.78 is 0. The number of rotatable bonds is 0. The first-order valence-corrected chi connectivity index (χ1v) is 41.2. The zero-order valence-electron chi connectivity index (χ0n) is 74.9. The molecule has 15 heteroatoms. The van der Waals surface area contributed by atoms with Crippen molar-refractivity contribution in [3.63, 3.8) is 0 Å². The molecule has 0 aliphatic carbocycles. The Hall–Kier alpha value is -12.8. The van der Waals surface area contributed by atoms with Crippen LogP contribution in [0.15, 0.2) is 294 Å². The van der Waals surface area contributed by atoms with Gasteiger partial charge in [0, 0.05) is 122 Å². The Bertz CT molecular complexity index is 4830. The maximum Gasteiger partial charge on any atom is 0.125 e. The monoisotopic (exact) mass is 1560 g/mol. The molecule has 9 heterocycles. The van der Waals surface area contributed by atoms with Crippen LogP contribution in [-0.2, 0) is 0 Å². The van der Waals surface area contributed by atoms with Crippen molar-refractivity contribution in [3.05, 3.63) is 344 Å². The van der Waals surface area contributed by atoms with E-state index in [4.69, 9.17) is 0 Å². The van der Waals surface area contributed by atoms with E-state index in [-0.39, 0.29) is 0 Å². The highest BCUT2D eigenvalue weighted by Crippen LogP contribution is 2.20. The minimum atomic E-state index is 0.823. The smallest absolute Gasteiger partial charge is 0.125 e. The van der Waals surface area contributed by atoms with Gasteiger partial charge in [0.15, 0.2) is 0 Å². The molecule has 0 unspecified atom stereocenters. The van der Waals surface area contributed by atoms with E-state index in [9.17, 15) is 0 Å². The van der Waals surface area contributed by atoms with E-state index >= 15 is 0 Å². The van der Waals surface area contributed by atoms with Crippen LogP contribution in [0.25, 0.3) is 97.7 Å². The molecular weight excluding hydrogens is 1440 g/mol. The molecule has 0 aliphatic rings. The maximum atomic E-state index is 4.26. The lowest BCUT2D eigenvalue weighted by Crippen LogP contribution is -1.86. The average Bonchev–Trinajstić information content (AvgIpc) is 0.843. The molecule has 0 aliphatic heterocycles. The second kappa shape index (κ2) is 62.7. The Kier molecular flexibility index (Phi) is 54.8. The van der Waals surface area contributed by atoms with Crippen molar-refractivity contribution in [1.82, 2.24) is 74.8 Å². The Morgan fingerprint density at radius 1 is 0.197 bits per heavy atom. The molecule has 0 saturated heterocycles. The predicted molar refractivity (Wildman–Crippen MR) is 507 cm³/mol. The lowest BCUT2D eigenvalue weighted by molar-refractivity contribution is 1.09. The van der Waals surface area contributed by atoms with Gasteiger partial charge in [-0.1, -0.05) is 275 Å². The summed E-state index contributed by atoms with van der Waals surface area (Å²) in [5.74, 6) is 0.823. The highest BCUT2D eigenvalue weighted by atomic mass is 14.9. The summed E-state index contributed by atoms with van der Waals surface area (Å²) in [5, 5.41) is 14.1. The van der Waals surface area contributed by atoms with Crippen molar-refractivity contribution in [2.24, 2.45) is 0 Å². The van der Waals surface area contributed by atoms with Crippen LogP contribution in [0.4, 0.5) is 0 Å². The fourth-order valence-corrected chi connectivity index (χ4v) is 10.4. The van der Waals surface area contributed by atoms with Crippen molar-refractivity contribution >= 4 is 97.7 Å². The van der Waals surface area contributed by atoms with Crippen LogP contribution in [0.5, 0.6) is 0 Å². The fraction of sp³-hybridized carbons (Fsp3) is 0.265. The minimum absolute atomic E-state index is 0.823. The summed E-state index contributed by atoms with van der Waals surface area (Å²) >= 11 is 0. The SMILES string of the molecule is CC.CC.CC.CC.CC.CC.CC.CC.CC.Cc1ccc2ccncc2c1.Cc1ccc2cnccc2c1.Cc1ccc2cncnc2c1.Cc1ccc2ncncc2c1.Cc1cccc2ccncc12.Cc1cccc2cncnc12.Cc1cccc2ncncc12.Cc1ncc2ccccc2n1.Cc1ncnc2ccccc12. The standard InChI is InChI=1S/3C10H9N.6C9H8N2.9C2H6/c1-8-2-3-10-7-11-5-4-9(10)6-8;1-8-2-3-9-4-5-11-7-10(9)6-8;1-8-3-2-4-9-5-6-11-7-10(8)9;1-7-2-3-9-8(4-7)5-10-6-11-9;1-7-2-3-8-5-10-6-11-9(8)4-7;1-7-3-2-4-9-8(7)5-10-6-11-9;1-7-3-2-4-8-5-10-6-11-9(7)8;1-7-8-4-2-3-5-9(8)11-6-10-7;1-7-10-6-8-4-2-3-5-9(8)11-7;9*1-2/h3*2-7H,1H3;6*2-6H,1H3;9*1-2H3. The van der Waals surface area contributed by atoms with Crippen LogP contribution in [0.3, 0.4) is 0 Å². The summed E-state index contributed by atoms with van der Waals surface area (Å²) in [5.41, 5.74) is 15.9. The zero-order chi connectivity index (χ0) is 87.1. The summed E-state index contributed by atoms with van der Waals surface area (Å²) in [7, 11) is 0. The average molecular weight is 1570 g/mol. The van der Waals surface area contributed by atoms with Crippen LogP contribution >= 0.6 is 0 Å². The van der Waals surface area contributed by atoms with Gasteiger partial charge in [0.25, 0.3) is 0 Å². The molecule has 9 aromatic heterocycles. The number of aromatic nitrogens is 15. The van der Waals surface area contributed by atoms with Gasteiger partial charge in [-0.3, -0.25) is 15.0 Å². The first-order valence-electron chi connectivity index (χ1n) is 41.2. The lowest BCUT2D eigenvalue weighted by Gasteiger charge is -1.98. The van der Waals surface area contributed by atoms with Gasteiger partial charge in [0.2, 0.25) is 0 Å². The Morgan fingerprint density at radius 3 is 1.21 bits per heavy atom. The van der Waals surface area contributed by atoms with Crippen molar-refractivity contribution < 1.29 is 0 Å². The second-order valence-electron chi connectivity index (χ2n) is 23.3. The normalized spacial score (nSPS) is 9.15. The van der Waals surface area contributed by atoms with Gasteiger partial charge >= 0.3 is 0 Å². The number of nitrogens with zero attached hydrogens (tertiary/aromatic N) is 15. The van der Waals surface area contributed by atoms with Crippen LogP contribution in [0.2, 0.25) is 0 Å². The highest BCUT2D eigenvalue weighted by molar-refractivity contribution is 5.86. The topological polar surface area (TPSA) is 193 Å². The van der Waals surface area contributed by atoms with E-state index in [0.717, 1.165) is 76.9 Å². The number of hydrogen-bond acceptors (Lipinski definition) is 15. The zero-order valence-corrected chi connectivity index (χ0v) is 74.9. The molecule has 117 heavy (non-hydrogen) atoms. The predicted octanol–water partition coefficient (Wildman–Crippen LogP) is 28.5. The molecular formula is C102H129N15. The number of fused-ring (bicyclic) bond motifs is 9. The number of pyridine rings is 3. The molecule has 0 amide bonds. The third-order valence-electron chi connectivity index (χ3n) is 15.7. The first-order chi connectivity index (χ1) is 57.3. The summed E-state index contributed by atoms with van der Waals surface area (Å²) in [6, 6.07) is 65.5.